The topological polar surface area (TPSA) is 101 Å². The van der Waals surface area contributed by atoms with Gasteiger partial charge in [0.25, 0.3) is 0 Å². The summed E-state index contributed by atoms with van der Waals surface area (Å²) in [6.45, 7) is 1.64. The molecule has 2 atom stereocenters. The molecule has 0 spiro atoms. The fourth-order valence-electron chi connectivity index (χ4n) is 3.89. The minimum absolute atomic E-state index is 0.245. The Morgan fingerprint density at radius 1 is 1.34 bits per heavy atom. The highest BCUT2D eigenvalue weighted by Gasteiger charge is 2.28. The number of hydrogen-bond acceptors (Lipinski definition) is 6. The summed E-state index contributed by atoms with van der Waals surface area (Å²) in [5.74, 6) is 0.257. The summed E-state index contributed by atoms with van der Waals surface area (Å²) in [6, 6.07) is 7.78. The summed E-state index contributed by atoms with van der Waals surface area (Å²) < 4.78 is 36.0. The lowest BCUT2D eigenvalue weighted by atomic mass is 9.90. The molecule has 2 heterocycles. The van der Waals surface area contributed by atoms with Gasteiger partial charge in [-0.05, 0) is 44.8 Å². The average molecular weight is 424 g/mol. The lowest BCUT2D eigenvalue weighted by molar-refractivity contribution is 0.0322. The second-order valence-electron chi connectivity index (χ2n) is 7.66. The Balaban J connectivity index is 1.59. The van der Waals surface area contributed by atoms with E-state index in [2.05, 4.69) is 14.6 Å². The number of nitrogens with one attached hydrogen (secondary N) is 2. The van der Waals surface area contributed by atoms with Gasteiger partial charge in [-0.25, -0.2) is 17.9 Å². The summed E-state index contributed by atoms with van der Waals surface area (Å²) in [7, 11) is 0.387. The summed E-state index contributed by atoms with van der Waals surface area (Å²) in [6.07, 6.45) is 3.69. The second-order valence-corrected chi connectivity index (χ2v) is 9.49. The molecule has 1 aromatic carbocycles. The van der Waals surface area contributed by atoms with Gasteiger partial charge in [0, 0.05) is 23.5 Å². The summed E-state index contributed by atoms with van der Waals surface area (Å²) >= 11 is 0. The van der Waals surface area contributed by atoms with Gasteiger partial charge < -0.3 is 19.4 Å². The van der Waals surface area contributed by atoms with Crippen LogP contribution in [0.1, 0.15) is 29.6 Å². The van der Waals surface area contributed by atoms with Crippen LogP contribution < -0.4 is 9.46 Å². The third-order valence-corrected chi connectivity index (χ3v) is 6.22. The van der Waals surface area contributed by atoms with E-state index < -0.39 is 16.0 Å². The van der Waals surface area contributed by atoms with E-state index >= 15 is 0 Å². The number of rotatable bonds is 8. The van der Waals surface area contributed by atoms with Crippen molar-refractivity contribution in [3.63, 3.8) is 0 Å². The van der Waals surface area contributed by atoms with Crippen LogP contribution >= 0.6 is 0 Å². The van der Waals surface area contributed by atoms with Gasteiger partial charge in [-0.1, -0.05) is 18.2 Å². The van der Waals surface area contributed by atoms with Crippen molar-refractivity contribution < 1.29 is 22.7 Å². The van der Waals surface area contributed by atoms with E-state index in [9.17, 15) is 13.2 Å². The number of esters is 1. The van der Waals surface area contributed by atoms with Gasteiger partial charge >= 0.3 is 5.97 Å². The average Bonchev–Trinajstić information content (AvgIpc) is 3.06. The van der Waals surface area contributed by atoms with Crippen LogP contribution in [-0.2, 0) is 14.8 Å². The first-order valence-electron chi connectivity index (χ1n) is 9.75. The Kier molecular flexibility index (Phi) is 6.81. The second kappa shape index (κ2) is 9.15. The number of hydrogen-bond donors (Lipinski definition) is 2. The number of ether oxygens (including phenoxy) is 2. The zero-order chi connectivity index (χ0) is 21.0. The van der Waals surface area contributed by atoms with Crippen LogP contribution in [0.3, 0.4) is 0 Å². The zero-order valence-electron chi connectivity index (χ0n) is 17.1. The van der Waals surface area contributed by atoms with Crippen LogP contribution in [0, 0.1) is 5.92 Å². The van der Waals surface area contributed by atoms with Crippen molar-refractivity contribution in [2.75, 3.05) is 40.1 Å². The highest BCUT2D eigenvalue weighted by atomic mass is 32.2. The lowest BCUT2D eigenvalue weighted by Gasteiger charge is -2.37. The first-order valence-corrected chi connectivity index (χ1v) is 11.6. The highest BCUT2D eigenvalue weighted by Crippen LogP contribution is 2.29. The molecule has 1 aromatic heterocycles. The number of para-hydroxylation sites is 1. The first-order chi connectivity index (χ1) is 13.8. The monoisotopic (exact) mass is 423 g/mol. The third kappa shape index (κ3) is 5.49. The number of nitrogens with zero attached hydrogens (tertiary/aromatic N) is 1. The van der Waals surface area contributed by atoms with Gasteiger partial charge in [-0.15, -0.1) is 0 Å². The van der Waals surface area contributed by atoms with Crippen LogP contribution in [0.15, 0.2) is 24.3 Å². The molecule has 3 rings (SSSR count). The molecule has 1 aliphatic rings. The van der Waals surface area contributed by atoms with Crippen molar-refractivity contribution in [3.8, 4) is 5.88 Å². The molecule has 0 radical (unpaired) electrons. The Hall–Kier alpha value is -2.10. The maximum Gasteiger partial charge on any atom is 0.344 e. The largest absolute Gasteiger partial charge is 0.482 e. The molecule has 0 aliphatic carbocycles. The summed E-state index contributed by atoms with van der Waals surface area (Å²) in [5.41, 5.74) is 1.25. The summed E-state index contributed by atoms with van der Waals surface area (Å²) in [4.78, 5) is 18.1. The Bertz CT molecular complexity index is 956. The van der Waals surface area contributed by atoms with Crippen LogP contribution in [0.5, 0.6) is 5.88 Å². The fraction of sp³-hybridized carbons (Fsp3) is 0.550. The van der Waals surface area contributed by atoms with Crippen LogP contribution in [0.4, 0.5) is 0 Å². The minimum Gasteiger partial charge on any atom is -0.482 e. The Labute approximate surface area is 171 Å². The maximum atomic E-state index is 12.8. The van der Waals surface area contributed by atoms with E-state index in [-0.39, 0.29) is 12.0 Å². The van der Waals surface area contributed by atoms with Gasteiger partial charge in [0.2, 0.25) is 15.9 Å². The number of carbonyl (C=O) groups excluding carboxylic acids is 1. The van der Waals surface area contributed by atoms with Crippen molar-refractivity contribution in [1.82, 2.24) is 14.6 Å². The number of likely N-dealkylation sites (tertiary alicyclic amines) is 1. The van der Waals surface area contributed by atoms with Gasteiger partial charge in [0.15, 0.2) is 0 Å². The van der Waals surface area contributed by atoms with Gasteiger partial charge in [0.1, 0.15) is 5.56 Å². The Morgan fingerprint density at radius 2 is 2.10 bits per heavy atom. The molecule has 2 unspecified atom stereocenters. The van der Waals surface area contributed by atoms with E-state index in [1.807, 2.05) is 31.3 Å². The molecule has 8 nitrogen and oxygen atoms in total. The van der Waals surface area contributed by atoms with E-state index in [1.165, 1.54) is 13.4 Å². The molecule has 2 N–H and O–H groups in total. The van der Waals surface area contributed by atoms with Crippen molar-refractivity contribution in [2.24, 2.45) is 5.92 Å². The molecular weight excluding hydrogens is 394 g/mol. The quantitative estimate of drug-likeness (QED) is 0.630. The number of methoxy groups -OCH3 is 1. The normalized spacial score (nSPS) is 20.7. The number of carbonyl (C=O) groups is 1. The highest BCUT2D eigenvalue weighted by molar-refractivity contribution is 7.88. The van der Waals surface area contributed by atoms with E-state index in [4.69, 9.17) is 9.47 Å². The molecule has 1 fully saturated rings. The number of sulfonamides is 1. The van der Waals surface area contributed by atoms with E-state index in [1.54, 1.807) is 0 Å². The molecule has 0 saturated carbocycles. The molecule has 0 amide bonds. The van der Waals surface area contributed by atoms with Crippen molar-refractivity contribution in [1.29, 1.82) is 0 Å². The minimum atomic E-state index is -3.18. The number of piperidine rings is 1. The summed E-state index contributed by atoms with van der Waals surface area (Å²) in [5, 5.41) is 0.780. The van der Waals surface area contributed by atoms with E-state index in [0.29, 0.717) is 24.6 Å². The molecule has 0 bridgehead atoms. The maximum absolute atomic E-state index is 12.8. The standard InChI is InChI=1S/C20H29N3O5S/c1-23-11-9-14(12-15(23)8-10-21-29(3,25)26)13-28-20(24)18-16-6-4-5-7-17(16)22-19(18)27-2/h4-7,14-15,21-22H,8-13H2,1-3H3. The van der Waals surface area contributed by atoms with Crippen molar-refractivity contribution in [3.05, 3.63) is 29.8 Å². The number of benzene rings is 1. The molecule has 29 heavy (non-hydrogen) atoms. The molecule has 1 aliphatic heterocycles. The molecule has 9 heteroatoms. The van der Waals surface area contributed by atoms with Gasteiger partial charge in [0.05, 0.1) is 20.0 Å². The van der Waals surface area contributed by atoms with Crippen LogP contribution in [0.25, 0.3) is 10.9 Å². The predicted octanol–water partition coefficient (Wildman–Crippen LogP) is 1.98. The van der Waals surface area contributed by atoms with Crippen molar-refractivity contribution >= 4 is 26.9 Å². The predicted molar refractivity (Wildman–Crippen MR) is 112 cm³/mol. The molecular formula is C20H29N3O5S. The third-order valence-electron chi connectivity index (χ3n) is 5.49. The fourth-order valence-corrected chi connectivity index (χ4v) is 4.38. The van der Waals surface area contributed by atoms with Gasteiger partial charge in [-0.3, -0.25) is 0 Å². The first kappa shape index (κ1) is 21.6. The zero-order valence-corrected chi connectivity index (χ0v) is 17.9. The SMILES string of the molecule is COc1[nH]c2ccccc2c1C(=O)OCC1CCN(C)C(CCNS(C)(=O)=O)C1. The van der Waals surface area contributed by atoms with Crippen molar-refractivity contribution in [2.45, 2.75) is 25.3 Å². The number of fused-ring (bicyclic) bond motifs is 1. The lowest BCUT2D eigenvalue weighted by Crippen LogP contribution is -2.42. The molecule has 160 valence electrons. The van der Waals surface area contributed by atoms with Crippen LogP contribution in [-0.4, -0.2) is 70.4 Å². The number of aromatic nitrogens is 1. The molecule has 2 aromatic rings. The number of aromatic amines is 1. The van der Waals surface area contributed by atoms with E-state index in [0.717, 1.165) is 36.7 Å². The molecule has 1 saturated heterocycles. The number of H-pyrrole nitrogens is 1. The van der Waals surface area contributed by atoms with Gasteiger partial charge in [-0.2, -0.15) is 0 Å². The smallest absolute Gasteiger partial charge is 0.344 e. The Morgan fingerprint density at radius 3 is 2.83 bits per heavy atom. The van der Waals surface area contributed by atoms with Crippen LogP contribution in [0.2, 0.25) is 0 Å².